The van der Waals surface area contributed by atoms with Gasteiger partial charge in [-0.3, -0.25) is 33.9 Å². The number of amides is 4. The Morgan fingerprint density at radius 1 is 0.878 bits per heavy atom. The minimum atomic E-state index is -0.302. The number of unbranched alkanes of at least 4 members (excludes halogenated alkanes) is 2. The van der Waals surface area contributed by atoms with E-state index in [9.17, 15) is 24.3 Å². The SMILES string of the molecule is C=O.CC(C)(C)CC(=O)N1CCC(O)C1.CN[C@@H](C)c1ccc(-c2scnc2C)cc1.Cc1c(-c2ccc(N3CCc4cccc(C(=O)Nc5nc6ccccc6s5)c4C3)nc2C(=O)NSCCCCCC(N)=O)cnn1CC(C)(C)C. The monoisotopic (exact) mass is 1170 g/mol. The lowest BCUT2D eigenvalue weighted by molar-refractivity contribution is -0.132. The van der Waals surface area contributed by atoms with Gasteiger partial charge in [-0.2, -0.15) is 5.10 Å². The zero-order valence-electron chi connectivity index (χ0n) is 49.1. The Morgan fingerprint density at radius 3 is 2.27 bits per heavy atom. The van der Waals surface area contributed by atoms with Crippen molar-refractivity contribution < 1.29 is 29.1 Å². The summed E-state index contributed by atoms with van der Waals surface area (Å²) >= 11 is 4.48. The number of rotatable bonds is 17. The Bertz CT molecular complexity index is 3220. The molecule has 9 rings (SSSR count). The number of thiazole rings is 2. The Labute approximate surface area is 495 Å². The van der Waals surface area contributed by atoms with Gasteiger partial charge in [0.15, 0.2) is 5.13 Å². The predicted molar refractivity (Wildman–Crippen MR) is 334 cm³/mol. The van der Waals surface area contributed by atoms with Gasteiger partial charge in [0.1, 0.15) is 18.3 Å². The summed E-state index contributed by atoms with van der Waals surface area (Å²) in [5, 5.41) is 20.7. The van der Waals surface area contributed by atoms with Crippen molar-refractivity contribution in [3.63, 3.8) is 0 Å². The van der Waals surface area contributed by atoms with Crippen LogP contribution in [0.4, 0.5) is 10.9 Å². The van der Waals surface area contributed by atoms with Crippen LogP contribution in [0, 0.1) is 24.7 Å². The number of nitrogens with one attached hydrogen (secondary N) is 3. The molecule has 438 valence electrons. The number of pyridine rings is 1. The van der Waals surface area contributed by atoms with Crippen molar-refractivity contribution in [1.82, 2.24) is 39.7 Å². The van der Waals surface area contributed by atoms with Crippen LogP contribution in [-0.2, 0) is 33.9 Å². The van der Waals surface area contributed by atoms with E-state index in [0.29, 0.717) is 72.0 Å². The van der Waals surface area contributed by atoms with Crippen molar-refractivity contribution in [2.45, 2.75) is 132 Å². The van der Waals surface area contributed by atoms with Crippen LogP contribution in [-0.4, -0.2) is 104 Å². The minimum absolute atomic E-state index is 0.0269. The second-order valence-electron chi connectivity index (χ2n) is 23.0. The Hall–Kier alpha value is -6.84. The highest BCUT2D eigenvalue weighted by Crippen LogP contribution is 2.34. The molecule has 0 bridgehead atoms. The van der Waals surface area contributed by atoms with Gasteiger partial charge in [-0.15, -0.1) is 11.3 Å². The van der Waals surface area contributed by atoms with Gasteiger partial charge in [0, 0.05) is 79.7 Å². The number of hydrogen-bond acceptors (Lipinski definition) is 15. The van der Waals surface area contributed by atoms with Crippen molar-refractivity contribution in [3.8, 4) is 21.6 Å². The highest BCUT2D eigenvalue weighted by Gasteiger charge is 2.29. The molecule has 0 saturated carbocycles. The van der Waals surface area contributed by atoms with Gasteiger partial charge < -0.3 is 30.8 Å². The molecule has 0 radical (unpaired) electrons. The fraction of sp³-hybridized carbons (Fsp3) is 0.435. The number of aliphatic hydroxyl groups is 1. The number of β-amino-alcohol motifs (C(OH)–C–C–N with tert-alkyl or cyclic N) is 1. The molecule has 0 aliphatic carbocycles. The maximum Gasteiger partial charge on any atom is 0.280 e. The van der Waals surface area contributed by atoms with Gasteiger partial charge in [-0.05, 0) is 117 Å². The van der Waals surface area contributed by atoms with E-state index in [4.69, 9.17) is 15.5 Å². The standard InChI is InChI=1S/C38H44N8O3S2.C13H16N2S.C10H19NO2.CH2O/c1-24-28(21-40-46(24)23-38(2,3)4)26-16-17-33(42-34(26)36(49)44-50-20-9-5-6-15-32(39)47)45-19-18-25-11-10-12-27(29(25)22-45)35(48)43-37-41-30-13-7-8-14-31(30)51-37;1-9(14-3)11-4-6-12(7-5-11)13-10(2)15-8-16-13;1-10(2,3)6-9(13)11-5-4-8(12)7-11;1-2/h7-8,10-14,16-17,21H,5-6,9,15,18-20,22-23H2,1-4H3,(H2,39,47)(H,44,49)(H,41,43,48);4-9,14H,1-3H3;8,12H,4-7H2,1-3H3;1H2/t;9-;;/m.0../s1. The summed E-state index contributed by atoms with van der Waals surface area (Å²) in [6.07, 6.45) is 6.35. The molecule has 4 amide bonds. The first kappa shape index (κ1) is 64.3. The molecule has 1 fully saturated rings. The third-order valence-corrected chi connectivity index (χ3v) is 16.6. The van der Waals surface area contributed by atoms with E-state index in [1.165, 1.54) is 39.3 Å². The van der Waals surface area contributed by atoms with E-state index in [2.05, 4.69) is 121 Å². The van der Waals surface area contributed by atoms with Crippen LogP contribution in [0.25, 0.3) is 31.8 Å². The second-order valence-corrected chi connectivity index (χ2v) is 25.7. The minimum Gasteiger partial charge on any atom is -0.391 e. The average Bonchev–Trinajstić information content (AvgIpc) is 4.31. The summed E-state index contributed by atoms with van der Waals surface area (Å²) in [5.74, 6) is 0.746. The molecule has 2 atom stereocenters. The van der Waals surface area contributed by atoms with Gasteiger partial charge in [-0.1, -0.05) is 120 Å². The third-order valence-electron chi connectivity index (χ3n) is 13.9. The molecule has 0 spiro atoms. The second kappa shape index (κ2) is 29.9. The first-order valence-electron chi connectivity index (χ1n) is 27.8. The number of likely N-dealkylation sites (tertiary alicyclic amines) is 1. The fourth-order valence-electron chi connectivity index (χ4n) is 9.43. The number of fused-ring (bicyclic) bond motifs is 2. The predicted octanol–water partition coefficient (Wildman–Crippen LogP) is 11.4. The van der Waals surface area contributed by atoms with Crippen LogP contribution in [0.1, 0.15) is 142 Å². The number of nitrogens with two attached hydrogens (primary N) is 1. The molecular formula is C62H81N11O6S3. The average molecular weight is 1170 g/mol. The van der Waals surface area contributed by atoms with Crippen LogP contribution in [0.2, 0.25) is 0 Å². The first-order valence-corrected chi connectivity index (χ1v) is 30.4. The quantitative estimate of drug-likeness (QED) is 0.0422. The highest BCUT2D eigenvalue weighted by molar-refractivity contribution is 7.97. The number of benzene rings is 3. The Morgan fingerprint density at radius 2 is 1.62 bits per heavy atom. The maximum atomic E-state index is 13.8. The number of para-hydroxylation sites is 1. The molecule has 3 aromatic carbocycles. The molecule has 1 saturated heterocycles. The number of aliphatic hydroxyl groups excluding tert-OH is 1. The van der Waals surface area contributed by atoms with Crippen LogP contribution in [0.15, 0.2) is 90.6 Å². The summed E-state index contributed by atoms with van der Waals surface area (Å²) in [5.41, 5.74) is 17.3. The molecule has 7 aromatic rings. The van der Waals surface area contributed by atoms with Gasteiger partial charge in [-0.25, -0.2) is 15.0 Å². The van der Waals surface area contributed by atoms with Gasteiger partial charge in [0.2, 0.25) is 11.8 Å². The zero-order chi connectivity index (χ0) is 59.7. The number of carbonyl (C=O) groups excluding carboxylic acids is 5. The van der Waals surface area contributed by atoms with E-state index in [0.717, 1.165) is 83.5 Å². The lowest BCUT2D eigenvalue weighted by atomic mass is 9.92. The van der Waals surface area contributed by atoms with Crippen LogP contribution >= 0.6 is 34.6 Å². The molecule has 17 nitrogen and oxygen atoms in total. The van der Waals surface area contributed by atoms with Crippen LogP contribution in [0.5, 0.6) is 0 Å². The van der Waals surface area contributed by atoms with E-state index < -0.39 is 0 Å². The topological polar surface area (TPSA) is 231 Å². The number of carbonyl (C=O) groups is 5. The maximum absolute atomic E-state index is 13.8. The molecule has 1 unspecified atom stereocenters. The first-order chi connectivity index (χ1) is 39.1. The Kier molecular flexibility index (Phi) is 23.5. The normalized spacial score (nSPS) is 14.3. The van der Waals surface area contributed by atoms with Crippen LogP contribution < -0.4 is 26.0 Å². The van der Waals surface area contributed by atoms with E-state index in [-0.39, 0.29) is 40.6 Å². The molecular weight excluding hydrogens is 1090 g/mol. The number of aryl methyl sites for hydroxylation is 1. The van der Waals surface area contributed by atoms with Crippen molar-refractivity contribution in [3.05, 3.63) is 130 Å². The van der Waals surface area contributed by atoms with E-state index in [1.54, 1.807) is 16.2 Å². The highest BCUT2D eigenvalue weighted by atomic mass is 32.2. The van der Waals surface area contributed by atoms with Gasteiger partial charge >= 0.3 is 0 Å². The number of hydrogen-bond donors (Lipinski definition) is 5. The fourth-order valence-corrected chi connectivity index (χ4v) is 11.8. The van der Waals surface area contributed by atoms with Gasteiger partial charge in [0.25, 0.3) is 11.8 Å². The number of aromatic nitrogens is 5. The summed E-state index contributed by atoms with van der Waals surface area (Å²) in [6, 6.07) is 26.7. The van der Waals surface area contributed by atoms with E-state index in [1.807, 2.05) is 85.7 Å². The molecule has 2 aliphatic rings. The molecule has 2 aliphatic heterocycles. The molecule has 4 aromatic heterocycles. The van der Waals surface area contributed by atoms with E-state index >= 15 is 0 Å². The lowest BCUT2D eigenvalue weighted by Gasteiger charge is -2.31. The largest absolute Gasteiger partial charge is 0.391 e. The summed E-state index contributed by atoms with van der Waals surface area (Å²) in [7, 11) is 1.98. The van der Waals surface area contributed by atoms with Crippen molar-refractivity contribution in [2.24, 2.45) is 16.6 Å². The summed E-state index contributed by atoms with van der Waals surface area (Å²) < 4.78 is 5.99. The number of primary amides is 1. The van der Waals surface area contributed by atoms with Crippen molar-refractivity contribution in [2.75, 3.05) is 42.7 Å². The summed E-state index contributed by atoms with van der Waals surface area (Å²) in [4.78, 5) is 77.1. The summed E-state index contributed by atoms with van der Waals surface area (Å²) in [6.45, 7) is 24.0. The van der Waals surface area contributed by atoms with Crippen molar-refractivity contribution in [1.29, 1.82) is 0 Å². The Balaban J connectivity index is 0.000000281. The van der Waals surface area contributed by atoms with Crippen molar-refractivity contribution >= 4 is 86.2 Å². The molecule has 82 heavy (non-hydrogen) atoms. The number of nitrogens with zero attached hydrogens (tertiary/aromatic N) is 7. The molecule has 20 heteroatoms. The van der Waals surface area contributed by atoms with Gasteiger partial charge in [0.05, 0.1) is 38.6 Å². The zero-order valence-corrected chi connectivity index (χ0v) is 51.6. The number of anilines is 2. The smallest absolute Gasteiger partial charge is 0.280 e. The third kappa shape index (κ3) is 18.3. The van der Waals surface area contributed by atoms with Crippen LogP contribution in [0.3, 0.4) is 0 Å². The molecule has 6 heterocycles. The lowest BCUT2D eigenvalue weighted by Crippen LogP contribution is -2.33. The molecule has 6 N–H and O–H groups in total.